The van der Waals surface area contributed by atoms with Gasteiger partial charge in [0.2, 0.25) is 0 Å². The number of ether oxygens (including phenoxy) is 2. The number of carboxylic acid groups (broad SMARTS) is 1. The standard InChI is InChI=1S/C15H16ClNO4/c1-20-9-8-17-14-10(4-3-5-12(14)21-2)11(15(17)16)6-7-13(18)19/h3-7H,8-9H2,1-2H3,(H,18,19)/b7-6+. The van der Waals surface area contributed by atoms with Crippen molar-refractivity contribution in [3.63, 3.8) is 0 Å². The minimum Gasteiger partial charge on any atom is -0.495 e. The summed E-state index contributed by atoms with van der Waals surface area (Å²) >= 11 is 6.41. The Kier molecular flexibility index (Phi) is 4.88. The fraction of sp³-hybridized carbons (Fsp3) is 0.267. The zero-order chi connectivity index (χ0) is 15.4. The molecule has 112 valence electrons. The Hall–Kier alpha value is -1.98. The van der Waals surface area contributed by atoms with E-state index in [9.17, 15) is 4.79 Å². The monoisotopic (exact) mass is 309 g/mol. The van der Waals surface area contributed by atoms with Crippen molar-refractivity contribution in [2.75, 3.05) is 20.8 Å². The molecule has 21 heavy (non-hydrogen) atoms. The molecule has 0 spiro atoms. The molecular weight excluding hydrogens is 294 g/mol. The molecule has 5 nitrogen and oxygen atoms in total. The van der Waals surface area contributed by atoms with E-state index in [1.165, 1.54) is 6.08 Å². The Labute approximate surface area is 127 Å². The van der Waals surface area contributed by atoms with Gasteiger partial charge in [-0.15, -0.1) is 0 Å². The van der Waals surface area contributed by atoms with E-state index in [0.717, 1.165) is 17.0 Å². The molecule has 6 heteroatoms. The quantitative estimate of drug-likeness (QED) is 0.833. The maximum absolute atomic E-state index is 10.7. The minimum absolute atomic E-state index is 0.462. The number of fused-ring (bicyclic) bond motifs is 1. The van der Waals surface area contributed by atoms with E-state index in [1.807, 2.05) is 22.8 Å². The van der Waals surface area contributed by atoms with Crippen molar-refractivity contribution >= 4 is 34.5 Å². The van der Waals surface area contributed by atoms with E-state index in [-0.39, 0.29) is 0 Å². The molecule has 0 amide bonds. The number of hydrogen-bond acceptors (Lipinski definition) is 3. The van der Waals surface area contributed by atoms with Crippen LogP contribution >= 0.6 is 11.6 Å². The van der Waals surface area contributed by atoms with Crippen molar-refractivity contribution in [1.29, 1.82) is 0 Å². The zero-order valence-electron chi connectivity index (χ0n) is 11.8. The third kappa shape index (κ3) is 3.04. The molecule has 0 bridgehead atoms. The number of methoxy groups -OCH3 is 2. The highest BCUT2D eigenvalue weighted by Gasteiger charge is 2.17. The van der Waals surface area contributed by atoms with Crippen LogP contribution in [0, 0.1) is 0 Å². The lowest BCUT2D eigenvalue weighted by atomic mass is 10.1. The number of para-hydroxylation sites is 1. The van der Waals surface area contributed by atoms with Crippen LogP contribution in [0.25, 0.3) is 17.0 Å². The van der Waals surface area contributed by atoms with E-state index >= 15 is 0 Å². The maximum atomic E-state index is 10.7. The van der Waals surface area contributed by atoms with Crippen LogP contribution in [0.1, 0.15) is 5.56 Å². The van der Waals surface area contributed by atoms with Crippen LogP contribution in [0.4, 0.5) is 0 Å². The molecule has 0 atom stereocenters. The number of rotatable bonds is 6. The van der Waals surface area contributed by atoms with Crippen LogP contribution in [0.3, 0.4) is 0 Å². The molecule has 0 aliphatic carbocycles. The summed E-state index contributed by atoms with van der Waals surface area (Å²) in [6.45, 7) is 1.04. The van der Waals surface area contributed by atoms with E-state index in [1.54, 1.807) is 14.2 Å². The molecule has 2 rings (SSSR count). The number of nitrogens with zero attached hydrogens (tertiary/aromatic N) is 1. The number of carboxylic acids is 1. The maximum Gasteiger partial charge on any atom is 0.328 e. The molecule has 1 heterocycles. The zero-order valence-corrected chi connectivity index (χ0v) is 12.6. The first-order valence-electron chi connectivity index (χ1n) is 6.34. The molecule has 2 aromatic rings. The number of aromatic nitrogens is 1. The Morgan fingerprint density at radius 1 is 1.43 bits per heavy atom. The van der Waals surface area contributed by atoms with Crippen LogP contribution in [0.15, 0.2) is 24.3 Å². The fourth-order valence-corrected chi connectivity index (χ4v) is 2.58. The van der Waals surface area contributed by atoms with Crippen LogP contribution in [-0.2, 0) is 16.1 Å². The third-order valence-corrected chi connectivity index (χ3v) is 3.56. The first-order valence-corrected chi connectivity index (χ1v) is 6.72. The average molecular weight is 310 g/mol. The third-order valence-electron chi connectivity index (χ3n) is 3.15. The molecule has 0 radical (unpaired) electrons. The van der Waals surface area contributed by atoms with Crippen molar-refractivity contribution in [3.8, 4) is 5.75 Å². The first-order chi connectivity index (χ1) is 10.1. The summed E-state index contributed by atoms with van der Waals surface area (Å²) in [5.41, 5.74) is 1.48. The first kappa shape index (κ1) is 15.4. The van der Waals surface area contributed by atoms with Gasteiger partial charge in [0.25, 0.3) is 0 Å². The van der Waals surface area contributed by atoms with Crippen LogP contribution in [-0.4, -0.2) is 36.5 Å². The van der Waals surface area contributed by atoms with Gasteiger partial charge in [0, 0.05) is 30.7 Å². The Morgan fingerprint density at radius 2 is 2.19 bits per heavy atom. The highest BCUT2D eigenvalue weighted by Crippen LogP contribution is 2.36. The molecule has 0 unspecified atom stereocenters. The van der Waals surface area contributed by atoms with Gasteiger partial charge in [0.1, 0.15) is 10.9 Å². The molecule has 0 aliphatic rings. The number of carbonyl (C=O) groups is 1. The molecule has 1 aromatic carbocycles. The molecule has 0 saturated carbocycles. The fourth-order valence-electron chi connectivity index (χ4n) is 2.24. The van der Waals surface area contributed by atoms with Gasteiger partial charge in [-0.1, -0.05) is 23.7 Å². The summed E-state index contributed by atoms with van der Waals surface area (Å²) < 4.78 is 12.3. The normalized spacial score (nSPS) is 11.4. The van der Waals surface area contributed by atoms with Gasteiger partial charge < -0.3 is 19.1 Å². The topological polar surface area (TPSA) is 60.7 Å². The summed E-state index contributed by atoms with van der Waals surface area (Å²) in [6, 6.07) is 5.57. The van der Waals surface area contributed by atoms with Gasteiger partial charge >= 0.3 is 5.97 Å². The minimum atomic E-state index is -1.02. The Morgan fingerprint density at radius 3 is 2.81 bits per heavy atom. The van der Waals surface area contributed by atoms with Gasteiger partial charge in [0.05, 0.1) is 19.2 Å². The highest BCUT2D eigenvalue weighted by atomic mass is 35.5. The highest BCUT2D eigenvalue weighted by molar-refractivity contribution is 6.33. The summed E-state index contributed by atoms with van der Waals surface area (Å²) in [7, 11) is 3.20. The molecular formula is C15H16ClNO4. The van der Waals surface area contributed by atoms with E-state index in [4.69, 9.17) is 26.2 Å². The smallest absolute Gasteiger partial charge is 0.328 e. The van der Waals surface area contributed by atoms with E-state index in [0.29, 0.717) is 29.6 Å². The van der Waals surface area contributed by atoms with Crippen molar-refractivity contribution < 1.29 is 19.4 Å². The summed E-state index contributed by atoms with van der Waals surface area (Å²) in [6.07, 6.45) is 2.57. The number of benzene rings is 1. The molecule has 1 aromatic heterocycles. The van der Waals surface area contributed by atoms with Crippen molar-refractivity contribution in [3.05, 3.63) is 35.0 Å². The number of hydrogen-bond donors (Lipinski definition) is 1. The second-order valence-electron chi connectivity index (χ2n) is 4.38. The summed E-state index contributed by atoms with van der Waals surface area (Å²) in [5.74, 6) is -0.341. The van der Waals surface area contributed by atoms with Crippen LogP contribution in [0.5, 0.6) is 5.75 Å². The van der Waals surface area contributed by atoms with Crippen molar-refractivity contribution in [2.45, 2.75) is 6.54 Å². The second kappa shape index (κ2) is 6.65. The van der Waals surface area contributed by atoms with Crippen LogP contribution in [0.2, 0.25) is 5.15 Å². The predicted molar refractivity (Wildman–Crippen MR) is 82.0 cm³/mol. The Balaban J connectivity index is 2.69. The number of aliphatic carboxylic acids is 1. The van der Waals surface area contributed by atoms with Gasteiger partial charge in [-0.05, 0) is 12.1 Å². The summed E-state index contributed by atoms with van der Waals surface area (Å²) in [5, 5.41) is 10.1. The number of halogens is 1. The summed E-state index contributed by atoms with van der Waals surface area (Å²) in [4.78, 5) is 10.7. The van der Waals surface area contributed by atoms with E-state index < -0.39 is 5.97 Å². The predicted octanol–water partition coefficient (Wildman–Crippen LogP) is 3.05. The molecule has 0 aliphatic heterocycles. The lowest BCUT2D eigenvalue weighted by Crippen LogP contribution is -2.04. The van der Waals surface area contributed by atoms with Gasteiger partial charge in [-0.25, -0.2) is 4.79 Å². The lowest BCUT2D eigenvalue weighted by Gasteiger charge is -2.09. The van der Waals surface area contributed by atoms with Gasteiger partial charge in [0.15, 0.2) is 0 Å². The van der Waals surface area contributed by atoms with E-state index in [2.05, 4.69) is 0 Å². The second-order valence-corrected chi connectivity index (χ2v) is 4.73. The molecule has 0 fully saturated rings. The molecule has 1 N–H and O–H groups in total. The largest absolute Gasteiger partial charge is 0.495 e. The SMILES string of the molecule is COCCn1c(Cl)c(/C=C/C(=O)O)c2cccc(OC)c21. The van der Waals surface area contributed by atoms with Crippen molar-refractivity contribution in [2.24, 2.45) is 0 Å². The Bertz CT molecular complexity index is 691. The van der Waals surface area contributed by atoms with Gasteiger partial charge in [-0.3, -0.25) is 0 Å². The van der Waals surface area contributed by atoms with Crippen molar-refractivity contribution in [1.82, 2.24) is 4.57 Å². The van der Waals surface area contributed by atoms with Gasteiger partial charge in [-0.2, -0.15) is 0 Å². The molecule has 0 saturated heterocycles. The van der Waals surface area contributed by atoms with Crippen LogP contribution < -0.4 is 4.74 Å². The average Bonchev–Trinajstić information content (AvgIpc) is 2.74. The lowest BCUT2D eigenvalue weighted by molar-refractivity contribution is -0.131.